The minimum Gasteiger partial charge on any atom is -0.493 e. The molecule has 0 saturated heterocycles. The topological polar surface area (TPSA) is 63.8 Å². The maximum absolute atomic E-state index is 14.3. The Bertz CT molecular complexity index is 814. The average molecular weight is 294 g/mol. The van der Waals surface area contributed by atoms with Gasteiger partial charge in [-0.2, -0.15) is 18.9 Å². The van der Waals surface area contributed by atoms with Crippen molar-refractivity contribution in [3.63, 3.8) is 0 Å². The molecule has 0 aliphatic carbocycles. The summed E-state index contributed by atoms with van der Waals surface area (Å²) >= 11 is 0. The SMILES string of the molecule is Cn1cc2c(O)nc(C(F)(F)c3ccc(F)cc3)nc2n1. The van der Waals surface area contributed by atoms with E-state index < -0.39 is 29.0 Å². The van der Waals surface area contributed by atoms with Gasteiger partial charge in [-0.15, -0.1) is 0 Å². The van der Waals surface area contributed by atoms with Crippen LogP contribution in [0.1, 0.15) is 11.4 Å². The summed E-state index contributed by atoms with van der Waals surface area (Å²) in [6.45, 7) is 0. The largest absolute Gasteiger partial charge is 0.493 e. The zero-order chi connectivity index (χ0) is 15.2. The summed E-state index contributed by atoms with van der Waals surface area (Å²) in [6.07, 6.45) is 1.42. The maximum Gasteiger partial charge on any atom is 0.331 e. The van der Waals surface area contributed by atoms with Crippen LogP contribution in [0.3, 0.4) is 0 Å². The molecule has 1 aromatic carbocycles. The van der Waals surface area contributed by atoms with E-state index in [1.807, 2.05) is 0 Å². The molecule has 108 valence electrons. The number of hydrogen-bond acceptors (Lipinski definition) is 4. The minimum absolute atomic E-state index is 0.0400. The fraction of sp³-hybridized carbons (Fsp3) is 0.154. The second kappa shape index (κ2) is 4.44. The highest BCUT2D eigenvalue weighted by molar-refractivity contribution is 5.79. The number of alkyl halides is 2. The first-order chi connectivity index (χ1) is 9.88. The van der Waals surface area contributed by atoms with E-state index >= 15 is 0 Å². The number of hydrogen-bond donors (Lipinski definition) is 1. The second-order valence-corrected chi connectivity index (χ2v) is 4.49. The van der Waals surface area contributed by atoms with Crippen LogP contribution in [0, 0.1) is 5.82 Å². The maximum atomic E-state index is 14.3. The number of rotatable bonds is 2. The van der Waals surface area contributed by atoms with Gasteiger partial charge < -0.3 is 5.11 Å². The van der Waals surface area contributed by atoms with Gasteiger partial charge in [-0.05, 0) is 24.3 Å². The minimum atomic E-state index is -3.57. The van der Waals surface area contributed by atoms with Crippen molar-refractivity contribution in [2.24, 2.45) is 7.05 Å². The van der Waals surface area contributed by atoms with E-state index in [4.69, 9.17) is 0 Å². The van der Waals surface area contributed by atoms with Gasteiger partial charge in [0, 0.05) is 18.8 Å². The second-order valence-electron chi connectivity index (χ2n) is 4.49. The molecule has 3 aromatic rings. The Kier molecular flexibility index (Phi) is 2.82. The van der Waals surface area contributed by atoms with Crippen LogP contribution in [0.4, 0.5) is 13.2 Å². The lowest BCUT2D eigenvalue weighted by Crippen LogP contribution is -2.19. The van der Waals surface area contributed by atoms with Gasteiger partial charge in [-0.1, -0.05) is 0 Å². The molecule has 21 heavy (non-hydrogen) atoms. The van der Waals surface area contributed by atoms with E-state index in [1.54, 1.807) is 7.05 Å². The number of aromatic hydroxyl groups is 1. The van der Waals surface area contributed by atoms with Crippen molar-refractivity contribution in [2.45, 2.75) is 5.92 Å². The van der Waals surface area contributed by atoms with Crippen molar-refractivity contribution in [3.8, 4) is 5.88 Å². The van der Waals surface area contributed by atoms with Crippen LogP contribution in [-0.4, -0.2) is 24.9 Å². The van der Waals surface area contributed by atoms with Crippen LogP contribution < -0.4 is 0 Å². The molecule has 0 fully saturated rings. The van der Waals surface area contributed by atoms with Crippen LogP contribution in [0.2, 0.25) is 0 Å². The van der Waals surface area contributed by atoms with Crippen LogP contribution in [0.15, 0.2) is 30.5 Å². The van der Waals surface area contributed by atoms with E-state index in [-0.39, 0.29) is 11.0 Å². The van der Waals surface area contributed by atoms with Gasteiger partial charge in [0.15, 0.2) is 5.65 Å². The van der Waals surface area contributed by atoms with E-state index in [2.05, 4.69) is 15.1 Å². The Morgan fingerprint density at radius 2 is 1.81 bits per heavy atom. The summed E-state index contributed by atoms with van der Waals surface area (Å²) < 4.78 is 42.8. The first-order valence-electron chi connectivity index (χ1n) is 5.92. The molecule has 0 atom stereocenters. The molecule has 0 aliphatic rings. The molecule has 0 unspecified atom stereocenters. The first-order valence-corrected chi connectivity index (χ1v) is 5.92. The van der Waals surface area contributed by atoms with Gasteiger partial charge in [-0.25, -0.2) is 9.37 Å². The van der Waals surface area contributed by atoms with E-state index in [9.17, 15) is 18.3 Å². The van der Waals surface area contributed by atoms with Crippen molar-refractivity contribution in [2.75, 3.05) is 0 Å². The monoisotopic (exact) mass is 294 g/mol. The molecule has 0 amide bonds. The fourth-order valence-electron chi connectivity index (χ4n) is 1.93. The molecular weight excluding hydrogens is 285 g/mol. The lowest BCUT2D eigenvalue weighted by molar-refractivity contribution is 0.0325. The molecule has 0 aliphatic heterocycles. The molecule has 5 nitrogen and oxygen atoms in total. The van der Waals surface area contributed by atoms with Crippen molar-refractivity contribution < 1.29 is 18.3 Å². The number of nitrogens with zero attached hydrogens (tertiary/aromatic N) is 4. The zero-order valence-electron chi connectivity index (χ0n) is 10.8. The van der Waals surface area contributed by atoms with Gasteiger partial charge in [0.25, 0.3) is 0 Å². The molecule has 8 heteroatoms. The summed E-state index contributed by atoms with van der Waals surface area (Å²) in [7, 11) is 1.57. The Labute approximate surface area is 116 Å². The predicted octanol–water partition coefficient (Wildman–Crippen LogP) is 2.35. The highest BCUT2D eigenvalue weighted by atomic mass is 19.3. The van der Waals surface area contributed by atoms with Crippen LogP contribution in [0.25, 0.3) is 11.0 Å². The Morgan fingerprint density at radius 1 is 1.14 bits per heavy atom. The molecule has 0 radical (unpaired) electrons. The van der Waals surface area contributed by atoms with Gasteiger partial charge in [-0.3, -0.25) is 4.68 Å². The molecular formula is C13H9F3N4O. The number of benzene rings is 1. The molecule has 2 aromatic heterocycles. The fourth-order valence-corrected chi connectivity index (χ4v) is 1.93. The Hall–Kier alpha value is -2.64. The molecule has 3 rings (SSSR count). The van der Waals surface area contributed by atoms with E-state index in [0.717, 1.165) is 24.3 Å². The van der Waals surface area contributed by atoms with Crippen LogP contribution in [0.5, 0.6) is 5.88 Å². The first kappa shape index (κ1) is 13.3. The summed E-state index contributed by atoms with van der Waals surface area (Å²) in [5.74, 6) is -5.67. The van der Waals surface area contributed by atoms with E-state index in [0.29, 0.717) is 0 Å². The summed E-state index contributed by atoms with van der Waals surface area (Å²) in [6, 6.07) is 3.72. The lowest BCUT2D eigenvalue weighted by atomic mass is 10.1. The Morgan fingerprint density at radius 3 is 2.48 bits per heavy atom. The highest BCUT2D eigenvalue weighted by Crippen LogP contribution is 2.35. The lowest BCUT2D eigenvalue weighted by Gasteiger charge is -2.15. The summed E-state index contributed by atoms with van der Waals surface area (Å²) in [5.41, 5.74) is -0.514. The van der Waals surface area contributed by atoms with E-state index in [1.165, 1.54) is 10.9 Å². The quantitative estimate of drug-likeness (QED) is 0.788. The third kappa shape index (κ3) is 2.18. The van der Waals surface area contributed by atoms with Crippen molar-refractivity contribution >= 4 is 11.0 Å². The van der Waals surface area contributed by atoms with Gasteiger partial charge in [0.05, 0.1) is 0 Å². The summed E-state index contributed by atoms with van der Waals surface area (Å²) in [4.78, 5) is 7.11. The third-order valence-corrected chi connectivity index (χ3v) is 2.96. The van der Waals surface area contributed by atoms with Gasteiger partial charge >= 0.3 is 5.92 Å². The average Bonchev–Trinajstić information content (AvgIpc) is 2.80. The molecule has 0 saturated carbocycles. The summed E-state index contributed by atoms with van der Waals surface area (Å²) in [5, 5.41) is 13.8. The van der Waals surface area contributed by atoms with Crippen molar-refractivity contribution in [3.05, 3.63) is 47.7 Å². The number of aryl methyl sites for hydroxylation is 1. The zero-order valence-corrected chi connectivity index (χ0v) is 10.8. The molecule has 1 N–H and O–H groups in total. The normalized spacial score (nSPS) is 12.0. The smallest absolute Gasteiger partial charge is 0.331 e. The number of halogens is 3. The van der Waals surface area contributed by atoms with Gasteiger partial charge in [0.1, 0.15) is 11.2 Å². The molecule has 0 spiro atoms. The van der Waals surface area contributed by atoms with Crippen LogP contribution >= 0.6 is 0 Å². The number of aromatic nitrogens is 4. The molecule has 2 heterocycles. The molecule has 0 bridgehead atoms. The van der Waals surface area contributed by atoms with Gasteiger partial charge in [0.2, 0.25) is 11.7 Å². The van der Waals surface area contributed by atoms with Crippen LogP contribution in [-0.2, 0) is 13.0 Å². The third-order valence-electron chi connectivity index (χ3n) is 2.96. The van der Waals surface area contributed by atoms with Crippen molar-refractivity contribution in [1.82, 2.24) is 19.7 Å². The number of fused-ring (bicyclic) bond motifs is 1. The highest BCUT2D eigenvalue weighted by Gasteiger charge is 2.38. The predicted molar refractivity (Wildman–Crippen MR) is 67.4 cm³/mol. The standard InChI is InChI=1S/C13H9F3N4O/c1-20-6-9-10(19-20)17-12(18-11(9)21)13(15,16)7-2-4-8(14)5-3-7/h2-6H,1H3,(H,17,18,19,21). The Balaban J connectivity index is 2.15. The van der Waals surface area contributed by atoms with Crippen molar-refractivity contribution in [1.29, 1.82) is 0 Å².